The lowest BCUT2D eigenvalue weighted by atomic mass is 10.1. The van der Waals surface area contributed by atoms with Crippen LogP contribution in [0.5, 0.6) is 11.5 Å². The van der Waals surface area contributed by atoms with E-state index in [2.05, 4.69) is 0 Å². The number of anilines is 1. The second-order valence-corrected chi connectivity index (χ2v) is 6.73. The average molecular weight is 343 g/mol. The number of thiocarbonyl (C=S) groups is 1. The van der Waals surface area contributed by atoms with E-state index in [1.165, 1.54) is 28.8 Å². The molecule has 0 radical (unpaired) electrons. The number of phenols is 2. The molecule has 0 atom stereocenters. The largest absolute Gasteiger partial charge is 0.504 e. The zero-order valence-electron chi connectivity index (χ0n) is 12.2. The van der Waals surface area contributed by atoms with E-state index < -0.39 is 0 Å². The van der Waals surface area contributed by atoms with Crippen LogP contribution in [0.1, 0.15) is 11.1 Å². The van der Waals surface area contributed by atoms with Gasteiger partial charge >= 0.3 is 0 Å². The van der Waals surface area contributed by atoms with Crippen LogP contribution in [0.2, 0.25) is 0 Å². The van der Waals surface area contributed by atoms with Gasteiger partial charge in [-0.15, -0.1) is 0 Å². The number of benzene rings is 2. The predicted molar refractivity (Wildman–Crippen MR) is 96.6 cm³/mol. The number of aryl methyl sites for hydroxylation is 1. The summed E-state index contributed by atoms with van der Waals surface area (Å²) in [5.74, 6) is -0.621. The highest BCUT2D eigenvalue weighted by molar-refractivity contribution is 8.27. The molecule has 2 aromatic rings. The van der Waals surface area contributed by atoms with Crippen molar-refractivity contribution in [1.82, 2.24) is 0 Å². The predicted octanol–water partition coefficient (Wildman–Crippen LogP) is 3.81. The zero-order chi connectivity index (χ0) is 16.6. The third-order valence-electron chi connectivity index (χ3n) is 3.45. The normalized spacial score (nSPS) is 16.4. The van der Waals surface area contributed by atoms with Crippen molar-refractivity contribution in [2.24, 2.45) is 0 Å². The fourth-order valence-corrected chi connectivity index (χ4v) is 3.56. The minimum absolute atomic E-state index is 0.193. The van der Waals surface area contributed by atoms with E-state index in [4.69, 9.17) is 12.2 Å². The number of hydrogen-bond acceptors (Lipinski definition) is 5. The molecule has 0 saturated carbocycles. The number of hydrogen-bond donors (Lipinski definition) is 2. The highest BCUT2D eigenvalue weighted by atomic mass is 32.2. The summed E-state index contributed by atoms with van der Waals surface area (Å²) in [5, 5.41) is 18.9. The van der Waals surface area contributed by atoms with Gasteiger partial charge in [0.15, 0.2) is 15.8 Å². The van der Waals surface area contributed by atoms with Gasteiger partial charge in [-0.05, 0) is 42.3 Å². The monoisotopic (exact) mass is 343 g/mol. The van der Waals surface area contributed by atoms with Crippen molar-refractivity contribution in [3.8, 4) is 11.5 Å². The summed E-state index contributed by atoms with van der Waals surface area (Å²) in [6.07, 6.45) is 1.65. The van der Waals surface area contributed by atoms with Crippen LogP contribution in [0.4, 0.5) is 5.69 Å². The molecule has 3 rings (SSSR count). The minimum Gasteiger partial charge on any atom is -0.504 e. The Labute approximate surface area is 143 Å². The van der Waals surface area contributed by atoms with E-state index in [0.29, 0.717) is 14.8 Å². The van der Waals surface area contributed by atoms with Crippen LogP contribution in [-0.4, -0.2) is 20.4 Å². The number of nitrogens with zero attached hydrogens (tertiary/aromatic N) is 1. The van der Waals surface area contributed by atoms with Gasteiger partial charge in [-0.25, -0.2) is 0 Å². The Kier molecular flexibility index (Phi) is 4.11. The Morgan fingerprint density at radius 2 is 1.87 bits per heavy atom. The van der Waals surface area contributed by atoms with Crippen LogP contribution in [0, 0.1) is 6.92 Å². The molecule has 2 N–H and O–H groups in total. The fourth-order valence-electron chi connectivity index (χ4n) is 2.27. The van der Waals surface area contributed by atoms with E-state index >= 15 is 0 Å². The van der Waals surface area contributed by atoms with Crippen molar-refractivity contribution >= 4 is 46.0 Å². The van der Waals surface area contributed by atoms with E-state index in [1.54, 1.807) is 12.1 Å². The SMILES string of the molecule is Cc1ccccc1N1C(=O)C(=Cc2ccc(O)c(O)c2)SC1=S. The second kappa shape index (κ2) is 6.06. The first-order chi connectivity index (χ1) is 11.0. The maximum absolute atomic E-state index is 12.7. The van der Waals surface area contributed by atoms with Crippen molar-refractivity contribution in [3.05, 3.63) is 58.5 Å². The molecule has 1 aliphatic heterocycles. The lowest BCUT2D eigenvalue weighted by Crippen LogP contribution is -2.28. The first-order valence-corrected chi connectivity index (χ1v) is 8.05. The van der Waals surface area contributed by atoms with E-state index in [9.17, 15) is 15.0 Å². The first-order valence-electron chi connectivity index (χ1n) is 6.83. The lowest BCUT2D eigenvalue weighted by molar-refractivity contribution is -0.113. The standard InChI is InChI=1S/C17H13NO3S2/c1-10-4-2-3-5-12(10)18-16(21)15(23-17(18)22)9-11-6-7-13(19)14(20)8-11/h2-9,19-20H,1H3. The Hall–Kier alpha value is -2.31. The summed E-state index contributed by atoms with van der Waals surface area (Å²) >= 11 is 6.55. The van der Waals surface area contributed by atoms with Crippen molar-refractivity contribution in [3.63, 3.8) is 0 Å². The average Bonchev–Trinajstić information content (AvgIpc) is 2.78. The van der Waals surface area contributed by atoms with Gasteiger partial charge < -0.3 is 10.2 Å². The smallest absolute Gasteiger partial charge is 0.270 e. The third-order valence-corrected chi connectivity index (χ3v) is 4.75. The highest BCUT2D eigenvalue weighted by Gasteiger charge is 2.33. The Balaban J connectivity index is 1.96. The van der Waals surface area contributed by atoms with Crippen LogP contribution in [0.25, 0.3) is 6.08 Å². The number of aromatic hydroxyl groups is 2. The van der Waals surface area contributed by atoms with Crippen molar-refractivity contribution in [1.29, 1.82) is 0 Å². The number of para-hydroxylation sites is 1. The molecular formula is C17H13NO3S2. The molecule has 0 bridgehead atoms. The minimum atomic E-state index is -0.229. The van der Waals surface area contributed by atoms with E-state index in [-0.39, 0.29) is 17.4 Å². The number of carbonyl (C=O) groups excluding carboxylic acids is 1. The highest BCUT2D eigenvalue weighted by Crippen LogP contribution is 2.37. The van der Waals surface area contributed by atoms with Crippen molar-refractivity contribution < 1.29 is 15.0 Å². The summed E-state index contributed by atoms with van der Waals surface area (Å²) in [4.78, 5) is 14.7. The van der Waals surface area contributed by atoms with Crippen LogP contribution in [0.15, 0.2) is 47.4 Å². The molecule has 0 aliphatic carbocycles. The van der Waals surface area contributed by atoms with Crippen LogP contribution in [0.3, 0.4) is 0 Å². The molecule has 1 saturated heterocycles. The molecule has 1 fully saturated rings. The third kappa shape index (κ3) is 2.95. The Morgan fingerprint density at radius 3 is 2.57 bits per heavy atom. The summed E-state index contributed by atoms with van der Waals surface area (Å²) in [5.41, 5.74) is 2.35. The van der Waals surface area contributed by atoms with E-state index in [0.717, 1.165) is 11.3 Å². The number of rotatable bonds is 2. The second-order valence-electron chi connectivity index (χ2n) is 5.05. The molecule has 0 aromatic heterocycles. The summed E-state index contributed by atoms with van der Waals surface area (Å²) in [6.45, 7) is 1.93. The van der Waals surface area contributed by atoms with Gasteiger partial charge in [-0.2, -0.15) is 0 Å². The summed E-state index contributed by atoms with van der Waals surface area (Å²) < 4.78 is 0.471. The fraction of sp³-hybridized carbons (Fsp3) is 0.0588. The molecule has 0 spiro atoms. The lowest BCUT2D eigenvalue weighted by Gasteiger charge is -2.16. The Bertz CT molecular complexity index is 845. The maximum Gasteiger partial charge on any atom is 0.270 e. The molecular weight excluding hydrogens is 330 g/mol. The first kappa shape index (κ1) is 15.6. The van der Waals surface area contributed by atoms with Crippen LogP contribution in [-0.2, 0) is 4.79 Å². The zero-order valence-corrected chi connectivity index (χ0v) is 13.8. The molecule has 1 aliphatic rings. The van der Waals surface area contributed by atoms with Gasteiger partial charge in [0, 0.05) is 0 Å². The molecule has 116 valence electrons. The van der Waals surface area contributed by atoms with Crippen LogP contribution >= 0.6 is 24.0 Å². The van der Waals surface area contributed by atoms with Gasteiger partial charge in [0.1, 0.15) is 0 Å². The van der Waals surface area contributed by atoms with Gasteiger partial charge in [-0.3, -0.25) is 9.69 Å². The summed E-state index contributed by atoms with van der Waals surface area (Å²) in [6, 6.07) is 12.0. The van der Waals surface area contributed by atoms with E-state index in [1.807, 2.05) is 31.2 Å². The quantitative estimate of drug-likeness (QED) is 0.493. The molecule has 0 unspecified atom stereocenters. The van der Waals surface area contributed by atoms with Crippen LogP contribution < -0.4 is 4.90 Å². The number of carbonyl (C=O) groups is 1. The molecule has 1 heterocycles. The van der Waals surface area contributed by atoms with Gasteiger partial charge in [0.05, 0.1) is 10.6 Å². The van der Waals surface area contributed by atoms with Gasteiger partial charge in [0.25, 0.3) is 5.91 Å². The molecule has 2 aromatic carbocycles. The number of phenolic OH excluding ortho intramolecular Hbond substituents is 2. The van der Waals surface area contributed by atoms with Crippen molar-refractivity contribution in [2.75, 3.05) is 4.90 Å². The molecule has 4 nitrogen and oxygen atoms in total. The van der Waals surface area contributed by atoms with Crippen molar-refractivity contribution in [2.45, 2.75) is 6.92 Å². The van der Waals surface area contributed by atoms with Gasteiger partial charge in [0.2, 0.25) is 0 Å². The number of thioether (sulfide) groups is 1. The molecule has 6 heteroatoms. The molecule has 23 heavy (non-hydrogen) atoms. The molecule has 1 amide bonds. The maximum atomic E-state index is 12.7. The van der Waals surface area contributed by atoms with Gasteiger partial charge in [-0.1, -0.05) is 48.2 Å². The Morgan fingerprint density at radius 1 is 1.13 bits per heavy atom. The summed E-state index contributed by atoms with van der Waals surface area (Å²) in [7, 11) is 0. The topological polar surface area (TPSA) is 60.8 Å². The number of amides is 1.